The number of esters is 1. The van der Waals surface area contributed by atoms with Gasteiger partial charge in [-0.15, -0.1) is 0 Å². The first kappa shape index (κ1) is 16.7. The van der Waals surface area contributed by atoms with Crippen molar-refractivity contribution >= 4 is 21.9 Å². The standard InChI is InChI=1S/C18H20BrNO2/c1-3-22-18(21)16-9-7-15(8-10-16)13(2)20-12-14-5-4-6-17(19)11-14/h4-11,13,20H,3,12H2,1-2H3/t13-/m0/s1. The SMILES string of the molecule is CCOC(=O)c1ccc([C@H](C)NCc2cccc(Br)c2)cc1. The first-order valence-corrected chi connectivity index (χ1v) is 8.14. The minimum atomic E-state index is -0.274. The van der Waals surface area contributed by atoms with Crippen LogP contribution in [0.5, 0.6) is 0 Å². The summed E-state index contributed by atoms with van der Waals surface area (Å²) in [5.74, 6) is -0.274. The van der Waals surface area contributed by atoms with Crippen LogP contribution in [-0.4, -0.2) is 12.6 Å². The second-order valence-electron chi connectivity index (χ2n) is 5.07. The molecule has 0 aromatic heterocycles. The zero-order valence-electron chi connectivity index (χ0n) is 12.8. The van der Waals surface area contributed by atoms with E-state index in [4.69, 9.17) is 4.74 Å². The van der Waals surface area contributed by atoms with Crippen LogP contribution in [0.2, 0.25) is 0 Å². The van der Waals surface area contributed by atoms with Gasteiger partial charge < -0.3 is 10.1 Å². The number of hydrogen-bond acceptors (Lipinski definition) is 3. The Labute approximate surface area is 139 Å². The fourth-order valence-corrected chi connectivity index (χ4v) is 2.60. The summed E-state index contributed by atoms with van der Waals surface area (Å²) in [5, 5.41) is 3.48. The molecule has 116 valence electrons. The van der Waals surface area contributed by atoms with Crippen LogP contribution in [0.1, 0.15) is 41.4 Å². The van der Waals surface area contributed by atoms with Gasteiger partial charge in [0.2, 0.25) is 0 Å². The Morgan fingerprint density at radius 1 is 1.23 bits per heavy atom. The summed E-state index contributed by atoms with van der Waals surface area (Å²) in [4.78, 5) is 11.6. The third-order valence-electron chi connectivity index (χ3n) is 3.42. The van der Waals surface area contributed by atoms with E-state index < -0.39 is 0 Å². The van der Waals surface area contributed by atoms with Gasteiger partial charge in [0.25, 0.3) is 0 Å². The zero-order chi connectivity index (χ0) is 15.9. The Kier molecular flexibility index (Phi) is 6.16. The summed E-state index contributed by atoms with van der Waals surface area (Å²) >= 11 is 3.48. The van der Waals surface area contributed by atoms with Gasteiger partial charge in [0, 0.05) is 17.1 Å². The molecular formula is C18H20BrNO2. The van der Waals surface area contributed by atoms with Crippen LogP contribution in [-0.2, 0) is 11.3 Å². The van der Waals surface area contributed by atoms with E-state index in [2.05, 4.69) is 40.3 Å². The van der Waals surface area contributed by atoms with Crippen molar-refractivity contribution in [1.29, 1.82) is 0 Å². The van der Waals surface area contributed by atoms with Crippen LogP contribution in [0.4, 0.5) is 0 Å². The van der Waals surface area contributed by atoms with Crippen molar-refractivity contribution in [3.8, 4) is 0 Å². The van der Waals surface area contributed by atoms with Gasteiger partial charge in [-0.05, 0) is 49.2 Å². The first-order valence-electron chi connectivity index (χ1n) is 7.35. The molecule has 0 amide bonds. The molecule has 0 saturated heterocycles. The third-order valence-corrected chi connectivity index (χ3v) is 3.92. The number of carbonyl (C=O) groups is 1. The number of carbonyl (C=O) groups excluding carboxylic acids is 1. The Morgan fingerprint density at radius 2 is 1.95 bits per heavy atom. The van der Waals surface area contributed by atoms with E-state index in [1.807, 2.05) is 36.4 Å². The maximum absolute atomic E-state index is 11.6. The molecule has 0 fully saturated rings. The van der Waals surface area contributed by atoms with Crippen molar-refractivity contribution < 1.29 is 9.53 Å². The number of nitrogens with one attached hydrogen (secondary N) is 1. The van der Waals surface area contributed by atoms with E-state index in [-0.39, 0.29) is 12.0 Å². The Morgan fingerprint density at radius 3 is 2.59 bits per heavy atom. The molecule has 0 bridgehead atoms. The van der Waals surface area contributed by atoms with Crippen LogP contribution in [0.25, 0.3) is 0 Å². The van der Waals surface area contributed by atoms with Crippen LogP contribution in [0, 0.1) is 0 Å². The average Bonchev–Trinajstić information content (AvgIpc) is 2.53. The summed E-state index contributed by atoms with van der Waals surface area (Å²) in [6, 6.07) is 16.0. The number of hydrogen-bond donors (Lipinski definition) is 1. The minimum absolute atomic E-state index is 0.204. The van der Waals surface area contributed by atoms with Gasteiger partial charge in [0.1, 0.15) is 0 Å². The molecule has 0 aliphatic carbocycles. The number of benzene rings is 2. The molecule has 4 heteroatoms. The molecule has 0 unspecified atom stereocenters. The second kappa shape index (κ2) is 8.11. The lowest BCUT2D eigenvalue weighted by Crippen LogP contribution is -2.18. The van der Waals surface area contributed by atoms with E-state index in [9.17, 15) is 4.79 Å². The van der Waals surface area contributed by atoms with Crippen LogP contribution >= 0.6 is 15.9 Å². The van der Waals surface area contributed by atoms with Crippen molar-refractivity contribution in [2.24, 2.45) is 0 Å². The molecule has 22 heavy (non-hydrogen) atoms. The summed E-state index contributed by atoms with van der Waals surface area (Å²) in [7, 11) is 0. The average molecular weight is 362 g/mol. The smallest absolute Gasteiger partial charge is 0.338 e. The molecule has 0 saturated carbocycles. The third kappa shape index (κ3) is 4.68. The molecule has 0 aliphatic heterocycles. The molecule has 0 heterocycles. The number of halogens is 1. The maximum atomic E-state index is 11.6. The molecule has 0 radical (unpaired) electrons. The van der Waals surface area contributed by atoms with Gasteiger partial charge in [0.05, 0.1) is 12.2 Å². The van der Waals surface area contributed by atoms with Crippen molar-refractivity contribution in [2.75, 3.05) is 6.61 Å². The first-order chi connectivity index (χ1) is 10.6. The maximum Gasteiger partial charge on any atom is 0.338 e. The Hall–Kier alpha value is -1.65. The van der Waals surface area contributed by atoms with E-state index in [1.54, 1.807) is 6.92 Å². The summed E-state index contributed by atoms with van der Waals surface area (Å²) in [5.41, 5.74) is 2.96. The molecule has 0 aliphatic rings. The molecule has 1 N–H and O–H groups in total. The predicted octanol–water partition coefficient (Wildman–Crippen LogP) is 4.48. The van der Waals surface area contributed by atoms with Crippen molar-refractivity contribution in [2.45, 2.75) is 26.4 Å². The van der Waals surface area contributed by atoms with Gasteiger partial charge >= 0.3 is 5.97 Å². The quantitative estimate of drug-likeness (QED) is 0.771. The zero-order valence-corrected chi connectivity index (χ0v) is 14.4. The largest absolute Gasteiger partial charge is 0.462 e. The molecule has 1 atom stereocenters. The monoisotopic (exact) mass is 361 g/mol. The van der Waals surface area contributed by atoms with Crippen LogP contribution in [0.15, 0.2) is 53.0 Å². The molecule has 2 aromatic rings. The van der Waals surface area contributed by atoms with Crippen molar-refractivity contribution in [3.05, 3.63) is 69.7 Å². The topological polar surface area (TPSA) is 38.3 Å². The van der Waals surface area contributed by atoms with Crippen LogP contribution in [0.3, 0.4) is 0 Å². The fourth-order valence-electron chi connectivity index (χ4n) is 2.16. The van der Waals surface area contributed by atoms with Gasteiger partial charge in [-0.3, -0.25) is 0 Å². The highest BCUT2D eigenvalue weighted by Crippen LogP contribution is 2.16. The van der Waals surface area contributed by atoms with Gasteiger partial charge in [-0.1, -0.05) is 40.2 Å². The van der Waals surface area contributed by atoms with E-state index in [0.29, 0.717) is 12.2 Å². The lowest BCUT2D eigenvalue weighted by atomic mass is 10.1. The van der Waals surface area contributed by atoms with Gasteiger partial charge in [0.15, 0.2) is 0 Å². The highest BCUT2D eigenvalue weighted by Gasteiger charge is 2.09. The van der Waals surface area contributed by atoms with Crippen molar-refractivity contribution in [1.82, 2.24) is 5.32 Å². The van der Waals surface area contributed by atoms with Crippen molar-refractivity contribution in [3.63, 3.8) is 0 Å². The molecule has 2 rings (SSSR count). The fraction of sp³-hybridized carbons (Fsp3) is 0.278. The van der Waals surface area contributed by atoms with Gasteiger partial charge in [-0.25, -0.2) is 4.79 Å². The number of rotatable bonds is 6. The predicted molar refractivity (Wildman–Crippen MR) is 91.8 cm³/mol. The van der Waals surface area contributed by atoms with Crippen LogP contribution < -0.4 is 5.32 Å². The molecule has 2 aromatic carbocycles. The summed E-state index contributed by atoms with van der Waals surface area (Å²) in [6.07, 6.45) is 0. The highest BCUT2D eigenvalue weighted by atomic mass is 79.9. The second-order valence-corrected chi connectivity index (χ2v) is 5.99. The number of ether oxygens (including phenoxy) is 1. The molecule has 3 nitrogen and oxygen atoms in total. The van der Waals surface area contributed by atoms with E-state index >= 15 is 0 Å². The molecular weight excluding hydrogens is 342 g/mol. The lowest BCUT2D eigenvalue weighted by molar-refractivity contribution is 0.0526. The lowest BCUT2D eigenvalue weighted by Gasteiger charge is -2.15. The summed E-state index contributed by atoms with van der Waals surface area (Å²) < 4.78 is 6.07. The Balaban J connectivity index is 1.95. The molecule has 0 spiro atoms. The van der Waals surface area contributed by atoms with E-state index in [0.717, 1.165) is 16.6 Å². The van der Waals surface area contributed by atoms with Gasteiger partial charge in [-0.2, -0.15) is 0 Å². The Bertz CT molecular complexity index is 625. The minimum Gasteiger partial charge on any atom is -0.462 e. The highest BCUT2D eigenvalue weighted by molar-refractivity contribution is 9.10. The van der Waals surface area contributed by atoms with E-state index in [1.165, 1.54) is 5.56 Å². The normalized spacial score (nSPS) is 12.0. The summed E-state index contributed by atoms with van der Waals surface area (Å²) in [6.45, 7) is 5.10.